The molecule has 0 aliphatic carbocycles. The molecular formula is C24H27ClN4O3. The fourth-order valence-corrected chi connectivity index (χ4v) is 4.29. The molecule has 32 heavy (non-hydrogen) atoms. The summed E-state index contributed by atoms with van der Waals surface area (Å²) in [6, 6.07) is 13.2. The van der Waals surface area contributed by atoms with E-state index in [0.717, 1.165) is 35.7 Å². The van der Waals surface area contributed by atoms with E-state index in [2.05, 4.69) is 10.0 Å². The van der Waals surface area contributed by atoms with Crippen molar-refractivity contribution in [2.75, 3.05) is 38.3 Å². The highest BCUT2D eigenvalue weighted by molar-refractivity contribution is 6.40. The van der Waals surface area contributed by atoms with Gasteiger partial charge in [-0.1, -0.05) is 29.8 Å². The number of rotatable bonds is 5. The molecule has 2 heterocycles. The van der Waals surface area contributed by atoms with Crippen LogP contribution in [0.5, 0.6) is 5.75 Å². The Morgan fingerprint density at radius 3 is 2.56 bits per heavy atom. The number of para-hydroxylation sites is 1. The molecule has 4 rings (SSSR count). The lowest BCUT2D eigenvalue weighted by atomic mass is 10.1. The number of anilines is 1. The Morgan fingerprint density at radius 1 is 1.09 bits per heavy atom. The molecule has 168 valence electrons. The second kappa shape index (κ2) is 9.71. The number of methoxy groups -OCH3 is 1. The lowest BCUT2D eigenvalue weighted by molar-refractivity contribution is -0.126. The molecule has 0 N–H and O–H groups in total. The average Bonchev–Trinajstić information content (AvgIpc) is 2.80. The zero-order valence-corrected chi connectivity index (χ0v) is 19.1. The van der Waals surface area contributed by atoms with E-state index in [4.69, 9.17) is 16.3 Å². The van der Waals surface area contributed by atoms with Crippen LogP contribution in [0.3, 0.4) is 0 Å². The van der Waals surface area contributed by atoms with Gasteiger partial charge in [0.15, 0.2) is 0 Å². The lowest BCUT2D eigenvalue weighted by Crippen LogP contribution is -2.51. The van der Waals surface area contributed by atoms with Crippen molar-refractivity contribution >= 4 is 34.8 Å². The van der Waals surface area contributed by atoms with E-state index in [9.17, 15) is 9.59 Å². The van der Waals surface area contributed by atoms with Crippen molar-refractivity contribution in [3.63, 3.8) is 0 Å². The molecule has 0 atom stereocenters. The van der Waals surface area contributed by atoms with Crippen LogP contribution < -0.4 is 9.75 Å². The molecule has 7 nitrogen and oxygen atoms in total. The molecule has 0 unspecified atom stereocenters. The predicted molar refractivity (Wildman–Crippen MR) is 125 cm³/mol. The van der Waals surface area contributed by atoms with Crippen LogP contribution in [0.25, 0.3) is 0 Å². The molecule has 1 fully saturated rings. The van der Waals surface area contributed by atoms with Crippen molar-refractivity contribution in [2.45, 2.75) is 26.3 Å². The maximum absolute atomic E-state index is 13.1. The molecule has 2 aromatic rings. The minimum atomic E-state index is -0.0870. The lowest BCUT2D eigenvalue weighted by Gasteiger charge is -2.35. The van der Waals surface area contributed by atoms with Crippen LogP contribution in [0.15, 0.2) is 47.6 Å². The van der Waals surface area contributed by atoms with Crippen molar-refractivity contribution in [1.29, 1.82) is 0 Å². The van der Waals surface area contributed by atoms with Crippen LogP contribution in [0, 0.1) is 6.92 Å². The van der Waals surface area contributed by atoms with Crippen molar-refractivity contribution in [2.24, 2.45) is 5.10 Å². The molecule has 0 bridgehead atoms. The van der Waals surface area contributed by atoms with Crippen molar-refractivity contribution in [1.82, 2.24) is 9.80 Å². The Kier molecular flexibility index (Phi) is 6.77. The van der Waals surface area contributed by atoms with Crippen LogP contribution >= 0.6 is 11.6 Å². The predicted octanol–water partition coefficient (Wildman–Crippen LogP) is 3.48. The Hall–Kier alpha value is -2.90. The second-order valence-electron chi connectivity index (χ2n) is 8.06. The van der Waals surface area contributed by atoms with Crippen LogP contribution in [0.1, 0.15) is 24.0 Å². The molecular weight excluding hydrogens is 428 g/mol. The monoisotopic (exact) mass is 454 g/mol. The van der Waals surface area contributed by atoms with Gasteiger partial charge in [-0.2, -0.15) is 5.10 Å². The fraction of sp³-hybridized carbons (Fsp3) is 0.375. The van der Waals surface area contributed by atoms with Crippen LogP contribution in [0.2, 0.25) is 5.02 Å². The first-order valence-corrected chi connectivity index (χ1v) is 11.1. The van der Waals surface area contributed by atoms with E-state index >= 15 is 0 Å². The summed E-state index contributed by atoms with van der Waals surface area (Å²) in [4.78, 5) is 29.7. The molecule has 0 aromatic heterocycles. The molecule has 2 amide bonds. The number of halogens is 1. The fourth-order valence-electron chi connectivity index (χ4n) is 4.10. The molecule has 2 aromatic carbocycles. The van der Waals surface area contributed by atoms with Gasteiger partial charge in [0.2, 0.25) is 5.91 Å². The summed E-state index contributed by atoms with van der Waals surface area (Å²) in [6.45, 7) is 5.35. The maximum atomic E-state index is 13.1. The summed E-state index contributed by atoms with van der Waals surface area (Å²) in [7, 11) is 1.65. The zero-order valence-electron chi connectivity index (χ0n) is 18.4. The Bertz CT molecular complexity index is 1050. The number of carbonyl (C=O) groups excluding carboxylic acids is 2. The number of carbonyl (C=O) groups is 2. The van der Waals surface area contributed by atoms with E-state index in [1.807, 2.05) is 54.3 Å². The Morgan fingerprint density at radius 2 is 1.84 bits per heavy atom. The highest BCUT2D eigenvalue weighted by Gasteiger charge is 2.30. The van der Waals surface area contributed by atoms with Gasteiger partial charge in [0.25, 0.3) is 5.91 Å². The summed E-state index contributed by atoms with van der Waals surface area (Å²) in [5.41, 5.74) is 3.15. The number of benzene rings is 2. The summed E-state index contributed by atoms with van der Waals surface area (Å²) in [6.07, 6.45) is 0.660. The van der Waals surface area contributed by atoms with Gasteiger partial charge in [-0.05, 0) is 36.8 Å². The average molecular weight is 455 g/mol. The van der Waals surface area contributed by atoms with Gasteiger partial charge in [-0.25, -0.2) is 5.01 Å². The molecule has 0 saturated carbocycles. The van der Waals surface area contributed by atoms with Crippen LogP contribution in [0.4, 0.5) is 5.69 Å². The first-order valence-electron chi connectivity index (χ1n) is 10.8. The van der Waals surface area contributed by atoms with Crippen molar-refractivity contribution in [3.05, 3.63) is 58.6 Å². The number of ether oxygens (including phenoxy) is 1. The summed E-state index contributed by atoms with van der Waals surface area (Å²) in [5, 5.41) is 6.51. The first-order chi connectivity index (χ1) is 15.5. The zero-order chi connectivity index (χ0) is 22.7. The van der Waals surface area contributed by atoms with Gasteiger partial charge < -0.3 is 9.64 Å². The number of nitrogens with zero attached hydrogens (tertiary/aromatic N) is 4. The highest BCUT2D eigenvalue weighted by atomic mass is 35.5. The third-order valence-corrected chi connectivity index (χ3v) is 6.15. The van der Waals surface area contributed by atoms with E-state index < -0.39 is 0 Å². The topological polar surface area (TPSA) is 65.5 Å². The number of amides is 2. The molecule has 0 spiro atoms. The molecule has 0 radical (unpaired) electrons. The van der Waals surface area contributed by atoms with Crippen LogP contribution in [-0.2, 0) is 16.1 Å². The summed E-state index contributed by atoms with van der Waals surface area (Å²) in [5.74, 6) is 0.637. The SMILES string of the molecule is COc1ccc(Cl)cc1CN1CCN(C(=O)C2=NN(c3ccccc3C)C(=O)CC2)CC1. The van der Waals surface area contributed by atoms with Crippen molar-refractivity contribution in [3.8, 4) is 5.75 Å². The minimum absolute atomic E-state index is 0.0869. The second-order valence-corrected chi connectivity index (χ2v) is 8.50. The first kappa shape index (κ1) is 22.3. The number of hydrazone groups is 1. The summed E-state index contributed by atoms with van der Waals surface area (Å²) < 4.78 is 5.45. The van der Waals surface area contributed by atoms with E-state index in [1.165, 1.54) is 5.01 Å². The van der Waals surface area contributed by atoms with Gasteiger partial charge in [0.05, 0.1) is 12.8 Å². The number of piperazine rings is 1. The Balaban J connectivity index is 1.41. The third kappa shape index (κ3) is 4.79. The normalized spacial score (nSPS) is 17.3. The molecule has 1 saturated heterocycles. The van der Waals surface area contributed by atoms with Crippen LogP contribution in [-0.4, -0.2) is 60.6 Å². The number of hydrogen-bond donors (Lipinski definition) is 0. The van der Waals surface area contributed by atoms with Crippen molar-refractivity contribution < 1.29 is 14.3 Å². The number of hydrogen-bond acceptors (Lipinski definition) is 5. The molecule has 2 aliphatic rings. The minimum Gasteiger partial charge on any atom is -0.496 e. The van der Waals surface area contributed by atoms with Gasteiger partial charge in [-0.3, -0.25) is 14.5 Å². The third-order valence-electron chi connectivity index (χ3n) is 5.92. The molecule has 2 aliphatic heterocycles. The quantitative estimate of drug-likeness (QED) is 0.693. The number of aryl methyl sites for hydroxylation is 1. The van der Waals surface area contributed by atoms with E-state index in [0.29, 0.717) is 36.8 Å². The maximum Gasteiger partial charge on any atom is 0.270 e. The molecule has 8 heteroatoms. The smallest absolute Gasteiger partial charge is 0.270 e. The van der Waals surface area contributed by atoms with Gasteiger partial charge >= 0.3 is 0 Å². The summed E-state index contributed by atoms with van der Waals surface area (Å²) >= 11 is 6.15. The van der Waals surface area contributed by atoms with Gasteiger partial charge in [-0.15, -0.1) is 0 Å². The largest absolute Gasteiger partial charge is 0.496 e. The van der Waals surface area contributed by atoms with E-state index in [-0.39, 0.29) is 18.2 Å². The standard InChI is InChI=1S/C24H27ClN4O3/c1-17-5-3-4-6-21(17)29-23(30)10-8-20(26-29)24(31)28-13-11-27(12-14-28)16-18-15-19(25)7-9-22(18)32-2/h3-7,9,15H,8,10-14,16H2,1-2H3. The van der Waals surface area contributed by atoms with Gasteiger partial charge in [0.1, 0.15) is 11.5 Å². The Labute approximate surface area is 193 Å². The highest BCUT2D eigenvalue weighted by Crippen LogP contribution is 2.26. The van der Waals surface area contributed by atoms with E-state index in [1.54, 1.807) is 7.11 Å². The van der Waals surface area contributed by atoms with Gasteiger partial charge in [0, 0.05) is 56.2 Å².